The second-order valence-corrected chi connectivity index (χ2v) is 5.34. The van der Waals surface area contributed by atoms with Gasteiger partial charge in [0, 0.05) is 31.6 Å². The first-order chi connectivity index (χ1) is 10.9. The molecule has 1 aliphatic rings. The van der Waals surface area contributed by atoms with Crippen molar-refractivity contribution < 1.29 is 4.74 Å². The first-order valence-electron chi connectivity index (χ1n) is 7.88. The third-order valence-corrected chi connectivity index (χ3v) is 3.80. The van der Waals surface area contributed by atoms with Gasteiger partial charge >= 0.3 is 0 Å². The van der Waals surface area contributed by atoms with Crippen LogP contribution in [0.4, 0.5) is 17.5 Å². The molecule has 1 aromatic heterocycles. The lowest BCUT2D eigenvalue weighted by atomic mass is 10.2. The molecule has 2 heterocycles. The third-order valence-electron chi connectivity index (χ3n) is 3.80. The molecule has 22 heavy (non-hydrogen) atoms. The van der Waals surface area contributed by atoms with Crippen molar-refractivity contribution in [2.24, 2.45) is 0 Å². The molecule has 5 heteroatoms. The Kier molecular flexibility index (Phi) is 4.85. The van der Waals surface area contributed by atoms with Gasteiger partial charge in [0.15, 0.2) is 0 Å². The molecule has 1 aliphatic heterocycles. The molecule has 2 aromatic rings. The fourth-order valence-corrected chi connectivity index (χ4v) is 2.65. The van der Waals surface area contributed by atoms with E-state index >= 15 is 0 Å². The van der Waals surface area contributed by atoms with Crippen molar-refractivity contribution in [2.45, 2.75) is 25.9 Å². The average molecular weight is 298 g/mol. The molecule has 0 saturated carbocycles. The number of nitrogens with zero attached hydrogens (tertiary/aromatic N) is 3. The molecule has 5 nitrogen and oxygen atoms in total. The maximum atomic E-state index is 5.63. The van der Waals surface area contributed by atoms with E-state index in [4.69, 9.17) is 4.74 Å². The van der Waals surface area contributed by atoms with Gasteiger partial charge in [0.05, 0.1) is 6.10 Å². The predicted octanol–water partition coefficient (Wildman–Crippen LogP) is 3.23. The zero-order valence-corrected chi connectivity index (χ0v) is 12.9. The summed E-state index contributed by atoms with van der Waals surface area (Å²) in [5, 5.41) is 3.35. The van der Waals surface area contributed by atoms with Crippen molar-refractivity contribution in [1.82, 2.24) is 9.97 Å². The van der Waals surface area contributed by atoms with Gasteiger partial charge in [0.1, 0.15) is 5.82 Å². The van der Waals surface area contributed by atoms with Crippen molar-refractivity contribution in [2.75, 3.05) is 29.9 Å². The van der Waals surface area contributed by atoms with E-state index in [0.29, 0.717) is 12.1 Å². The van der Waals surface area contributed by atoms with E-state index in [2.05, 4.69) is 39.2 Å². The van der Waals surface area contributed by atoms with Crippen LogP contribution in [0.15, 0.2) is 42.6 Å². The standard InChI is InChI=1S/C17H22N4O/c1-2-21(14-7-4-3-5-8-14)17-18-11-10-16(20-17)19-13-15-9-6-12-22-15/h3-5,7-8,10-11,15H,2,6,9,12-13H2,1H3,(H,18,19,20). The Morgan fingerprint density at radius 1 is 1.27 bits per heavy atom. The van der Waals surface area contributed by atoms with Gasteiger partial charge < -0.3 is 15.0 Å². The van der Waals surface area contributed by atoms with Gasteiger partial charge in [-0.15, -0.1) is 0 Å². The van der Waals surface area contributed by atoms with E-state index in [1.165, 1.54) is 0 Å². The zero-order chi connectivity index (χ0) is 15.2. The summed E-state index contributed by atoms with van der Waals surface area (Å²) in [6, 6.07) is 12.1. The Labute approximate surface area is 131 Å². The number of hydrogen-bond donors (Lipinski definition) is 1. The van der Waals surface area contributed by atoms with Gasteiger partial charge in [-0.3, -0.25) is 0 Å². The van der Waals surface area contributed by atoms with Crippen molar-refractivity contribution in [3.8, 4) is 0 Å². The van der Waals surface area contributed by atoms with Crippen molar-refractivity contribution in [3.05, 3.63) is 42.6 Å². The highest BCUT2D eigenvalue weighted by molar-refractivity contribution is 5.58. The fraction of sp³-hybridized carbons (Fsp3) is 0.412. The highest BCUT2D eigenvalue weighted by Crippen LogP contribution is 2.22. The lowest BCUT2D eigenvalue weighted by Crippen LogP contribution is -2.21. The summed E-state index contributed by atoms with van der Waals surface area (Å²) in [4.78, 5) is 11.1. The summed E-state index contributed by atoms with van der Waals surface area (Å²) in [6.45, 7) is 4.59. The van der Waals surface area contributed by atoms with Crippen LogP contribution in [0.25, 0.3) is 0 Å². The van der Waals surface area contributed by atoms with Crippen molar-refractivity contribution in [1.29, 1.82) is 0 Å². The third kappa shape index (κ3) is 3.54. The second kappa shape index (κ2) is 7.22. The van der Waals surface area contributed by atoms with Crippen LogP contribution < -0.4 is 10.2 Å². The number of aromatic nitrogens is 2. The zero-order valence-electron chi connectivity index (χ0n) is 12.9. The number of nitrogens with one attached hydrogen (secondary N) is 1. The minimum absolute atomic E-state index is 0.301. The topological polar surface area (TPSA) is 50.3 Å². The van der Waals surface area contributed by atoms with E-state index in [0.717, 1.165) is 44.0 Å². The Morgan fingerprint density at radius 2 is 2.14 bits per heavy atom. The molecular formula is C17H22N4O. The van der Waals surface area contributed by atoms with Gasteiger partial charge in [-0.1, -0.05) is 18.2 Å². The fourth-order valence-electron chi connectivity index (χ4n) is 2.65. The quantitative estimate of drug-likeness (QED) is 0.887. The Morgan fingerprint density at radius 3 is 2.86 bits per heavy atom. The van der Waals surface area contributed by atoms with E-state index in [9.17, 15) is 0 Å². The van der Waals surface area contributed by atoms with Gasteiger partial charge in [-0.25, -0.2) is 4.98 Å². The van der Waals surface area contributed by atoms with E-state index in [1.807, 2.05) is 24.3 Å². The van der Waals surface area contributed by atoms with Crippen LogP contribution in [0, 0.1) is 0 Å². The average Bonchev–Trinajstić information content (AvgIpc) is 3.09. The van der Waals surface area contributed by atoms with Crippen LogP contribution in [0.3, 0.4) is 0 Å². The van der Waals surface area contributed by atoms with E-state index in [-0.39, 0.29) is 0 Å². The summed E-state index contributed by atoms with van der Waals surface area (Å²) in [6.07, 6.45) is 4.37. The van der Waals surface area contributed by atoms with E-state index in [1.54, 1.807) is 6.20 Å². The van der Waals surface area contributed by atoms with Crippen molar-refractivity contribution in [3.63, 3.8) is 0 Å². The van der Waals surface area contributed by atoms with Crippen LogP contribution >= 0.6 is 0 Å². The Bertz CT molecular complexity index is 584. The predicted molar refractivity (Wildman–Crippen MR) is 88.6 cm³/mol. The van der Waals surface area contributed by atoms with Gasteiger partial charge in [-0.05, 0) is 38.0 Å². The molecular weight excluding hydrogens is 276 g/mol. The lowest BCUT2D eigenvalue weighted by Gasteiger charge is -2.21. The van der Waals surface area contributed by atoms with Gasteiger partial charge in [0.25, 0.3) is 0 Å². The Hall–Kier alpha value is -2.14. The smallest absolute Gasteiger partial charge is 0.231 e. The first kappa shape index (κ1) is 14.8. The van der Waals surface area contributed by atoms with Crippen molar-refractivity contribution >= 4 is 17.5 Å². The normalized spacial score (nSPS) is 17.4. The highest BCUT2D eigenvalue weighted by Gasteiger charge is 2.15. The van der Waals surface area contributed by atoms with Crippen LogP contribution in [0.1, 0.15) is 19.8 Å². The molecule has 0 amide bonds. The van der Waals surface area contributed by atoms with Crippen LogP contribution in [-0.4, -0.2) is 35.8 Å². The van der Waals surface area contributed by atoms with Crippen LogP contribution in [-0.2, 0) is 4.74 Å². The number of anilines is 3. The van der Waals surface area contributed by atoms with E-state index < -0.39 is 0 Å². The molecule has 3 rings (SSSR count). The van der Waals surface area contributed by atoms with Crippen LogP contribution in [0.5, 0.6) is 0 Å². The van der Waals surface area contributed by atoms with Crippen LogP contribution in [0.2, 0.25) is 0 Å². The second-order valence-electron chi connectivity index (χ2n) is 5.34. The summed E-state index contributed by atoms with van der Waals surface area (Å²) < 4.78 is 5.63. The number of benzene rings is 1. The summed E-state index contributed by atoms with van der Waals surface area (Å²) >= 11 is 0. The summed E-state index contributed by atoms with van der Waals surface area (Å²) in [5.41, 5.74) is 1.10. The molecule has 1 unspecified atom stereocenters. The maximum absolute atomic E-state index is 5.63. The summed E-state index contributed by atoms with van der Waals surface area (Å²) in [5.74, 6) is 1.56. The molecule has 0 aliphatic carbocycles. The Balaban J connectivity index is 1.71. The number of ether oxygens (including phenoxy) is 1. The molecule has 1 aromatic carbocycles. The maximum Gasteiger partial charge on any atom is 0.231 e. The molecule has 1 atom stereocenters. The number of rotatable bonds is 6. The van der Waals surface area contributed by atoms with Gasteiger partial charge in [0.2, 0.25) is 5.95 Å². The first-order valence-corrected chi connectivity index (χ1v) is 7.88. The molecule has 1 saturated heterocycles. The lowest BCUT2D eigenvalue weighted by molar-refractivity contribution is 0.120. The molecule has 0 bridgehead atoms. The summed E-state index contributed by atoms with van der Waals surface area (Å²) in [7, 11) is 0. The minimum Gasteiger partial charge on any atom is -0.376 e. The highest BCUT2D eigenvalue weighted by atomic mass is 16.5. The molecule has 116 valence electrons. The number of hydrogen-bond acceptors (Lipinski definition) is 5. The minimum atomic E-state index is 0.301. The molecule has 0 radical (unpaired) electrons. The molecule has 1 fully saturated rings. The number of para-hydroxylation sites is 1. The SMILES string of the molecule is CCN(c1ccccc1)c1nccc(NCC2CCCO2)n1. The largest absolute Gasteiger partial charge is 0.376 e. The monoisotopic (exact) mass is 298 g/mol. The molecule has 0 spiro atoms. The van der Waals surface area contributed by atoms with Gasteiger partial charge in [-0.2, -0.15) is 4.98 Å². The molecule has 1 N–H and O–H groups in total.